The molecule has 0 saturated carbocycles. The van der Waals surface area contributed by atoms with Crippen LogP contribution >= 0.6 is 0 Å². The zero-order chi connectivity index (χ0) is 19.4. The number of hydrogen-bond donors (Lipinski definition) is 3. The Morgan fingerprint density at radius 3 is 2.04 bits per heavy atom. The number of carbonyl (C=O) groups is 1. The van der Waals surface area contributed by atoms with E-state index in [1.54, 1.807) is 6.08 Å². The Bertz CT molecular complexity index is 672. The van der Waals surface area contributed by atoms with Crippen LogP contribution in [-0.4, -0.2) is 39.1 Å². The lowest BCUT2D eigenvalue weighted by Gasteiger charge is -2.16. The maximum Gasteiger partial charge on any atom is 0.185 e. The molecule has 3 N–H and O–H groups in total. The quantitative estimate of drug-likeness (QED) is 0.456. The molecule has 0 aromatic carbocycles. The number of aliphatic hydroxyl groups excluding tert-OH is 1. The molecule has 1 rings (SSSR count). The highest BCUT2D eigenvalue weighted by Crippen LogP contribution is 2.28. The minimum atomic E-state index is -0.125. The molecule has 4 nitrogen and oxygen atoms in total. The Kier molecular flexibility index (Phi) is 9.98. The summed E-state index contributed by atoms with van der Waals surface area (Å²) in [5.74, 6) is 0.0119. The molecule has 0 atom stereocenters. The number of aliphatic hydroxyl groups is 1. The van der Waals surface area contributed by atoms with Gasteiger partial charge in [0.25, 0.3) is 0 Å². The van der Waals surface area contributed by atoms with E-state index in [0.29, 0.717) is 12.0 Å². The molecule has 4 heteroatoms. The lowest BCUT2D eigenvalue weighted by Crippen LogP contribution is -3.00. The number of hydrogen-bond acceptors (Lipinski definition) is 2. The van der Waals surface area contributed by atoms with E-state index in [-0.39, 0.29) is 11.5 Å². The fourth-order valence-corrected chi connectivity index (χ4v) is 2.39. The van der Waals surface area contributed by atoms with E-state index >= 15 is 0 Å². The minimum Gasteiger partial charge on any atom is -0.507 e. The van der Waals surface area contributed by atoms with Crippen molar-refractivity contribution in [3.63, 3.8) is 0 Å². The molecule has 0 spiro atoms. The summed E-state index contributed by atoms with van der Waals surface area (Å²) in [4.78, 5) is 14.8. The zero-order valence-corrected chi connectivity index (χ0v) is 16.3. The van der Waals surface area contributed by atoms with Crippen LogP contribution in [0.1, 0.15) is 19.3 Å². The normalized spacial score (nSPS) is 18.5. The van der Waals surface area contributed by atoms with Crippen molar-refractivity contribution in [2.24, 2.45) is 0 Å². The van der Waals surface area contributed by atoms with Crippen molar-refractivity contribution in [2.75, 3.05) is 28.2 Å². The third-order valence-corrected chi connectivity index (χ3v) is 3.72. The van der Waals surface area contributed by atoms with Gasteiger partial charge in [0, 0.05) is 5.57 Å². The van der Waals surface area contributed by atoms with E-state index < -0.39 is 0 Å². The molecule has 0 amide bonds. The summed E-state index contributed by atoms with van der Waals surface area (Å²) in [6.07, 6.45) is 22.8. The second-order valence-corrected chi connectivity index (χ2v) is 6.74. The van der Waals surface area contributed by atoms with Crippen LogP contribution in [0.15, 0.2) is 84.0 Å². The highest BCUT2D eigenvalue weighted by Gasteiger charge is 2.20. The standard InChI is InChI=1S/C22H30N2O2/c1-23(2)17-10-6-5-9-16-21(25)20-15-12-14-19(22(20)26)13-8-7-11-18-24(3)4/h5-11,13,16-18,26H,12,14-15H2,1-4H3/p+2/b6-5+,8-7+,16-9+,17-10+,18-11+,19-13+. The SMILES string of the molecule is C[NH+](C)/C=C/C=C/C=C/C(=O)C1=C(O)/C(=C/C=C/C=C/[NH+](C)C)CCC1. The summed E-state index contributed by atoms with van der Waals surface area (Å²) >= 11 is 0. The first-order valence-corrected chi connectivity index (χ1v) is 9.04. The van der Waals surface area contributed by atoms with Gasteiger partial charge in [-0.25, -0.2) is 0 Å². The van der Waals surface area contributed by atoms with Crippen molar-refractivity contribution in [2.45, 2.75) is 19.3 Å². The maximum absolute atomic E-state index is 12.3. The van der Waals surface area contributed by atoms with Crippen LogP contribution in [0.2, 0.25) is 0 Å². The first kappa shape index (κ1) is 21.6. The molecule has 140 valence electrons. The van der Waals surface area contributed by atoms with Crippen molar-refractivity contribution < 1.29 is 19.7 Å². The van der Waals surface area contributed by atoms with E-state index in [2.05, 4.69) is 0 Å². The van der Waals surface area contributed by atoms with Crippen LogP contribution in [0.4, 0.5) is 0 Å². The van der Waals surface area contributed by atoms with Gasteiger partial charge in [-0.3, -0.25) is 4.79 Å². The lowest BCUT2D eigenvalue weighted by atomic mass is 9.90. The van der Waals surface area contributed by atoms with Gasteiger partial charge in [0.15, 0.2) is 5.78 Å². The molecular formula is C22H32N2O2+2. The average molecular weight is 357 g/mol. The molecule has 0 unspecified atom stereocenters. The average Bonchev–Trinajstić information content (AvgIpc) is 2.58. The molecule has 0 fully saturated rings. The highest BCUT2D eigenvalue weighted by atomic mass is 16.3. The number of ketones is 1. The van der Waals surface area contributed by atoms with Gasteiger partial charge in [0.05, 0.1) is 40.6 Å². The predicted octanol–water partition coefficient (Wildman–Crippen LogP) is 1.46. The van der Waals surface area contributed by atoms with Gasteiger partial charge >= 0.3 is 0 Å². The van der Waals surface area contributed by atoms with Crippen molar-refractivity contribution >= 4 is 5.78 Å². The van der Waals surface area contributed by atoms with Crippen molar-refractivity contribution in [1.29, 1.82) is 0 Å². The molecule has 0 aromatic rings. The van der Waals surface area contributed by atoms with Gasteiger partial charge in [-0.1, -0.05) is 36.5 Å². The molecule has 26 heavy (non-hydrogen) atoms. The highest BCUT2D eigenvalue weighted by molar-refractivity contribution is 6.05. The van der Waals surface area contributed by atoms with Crippen LogP contribution in [0.5, 0.6) is 0 Å². The van der Waals surface area contributed by atoms with E-state index in [9.17, 15) is 9.90 Å². The monoisotopic (exact) mass is 356 g/mol. The Hall–Kier alpha value is -2.43. The molecule has 0 bridgehead atoms. The van der Waals surface area contributed by atoms with Crippen molar-refractivity contribution in [3.05, 3.63) is 84.0 Å². The Balaban J connectivity index is 2.76. The molecular weight excluding hydrogens is 324 g/mol. The molecule has 0 saturated heterocycles. The second kappa shape index (κ2) is 12.0. The summed E-state index contributed by atoms with van der Waals surface area (Å²) < 4.78 is 0. The van der Waals surface area contributed by atoms with E-state index in [4.69, 9.17) is 0 Å². The minimum absolute atomic E-state index is 0.125. The van der Waals surface area contributed by atoms with Gasteiger partial charge < -0.3 is 14.9 Å². The molecule has 0 aromatic heterocycles. The van der Waals surface area contributed by atoms with E-state index in [1.807, 2.05) is 83.1 Å². The second-order valence-electron chi connectivity index (χ2n) is 6.74. The van der Waals surface area contributed by atoms with Gasteiger partial charge in [-0.2, -0.15) is 0 Å². The summed E-state index contributed by atoms with van der Waals surface area (Å²) in [7, 11) is 8.14. The number of allylic oxidation sites excluding steroid dienone is 11. The number of carbonyl (C=O) groups excluding carboxylic acids is 1. The first-order valence-electron chi connectivity index (χ1n) is 9.04. The molecule has 1 aliphatic rings. The third-order valence-electron chi connectivity index (χ3n) is 3.72. The number of rotatable bonds is 8. The smallest absolute Gasteiger partial charge is 0.185 e. The van der Waals surface area contributed by atoms with Gasteiger partial charge in [0.1, 0.15) is 5.76 Å². The van der Waals surface area contributed by atoms with Crippen LogP contribution < -0.4 is 9.80 Å². The van der Waals surface area contributed by atoms with Crippen LogP contribution in [-0.2, 0) is 4.79 Å². The van der Waals surface area contributed by atoms with Crippen LogP contribution in [0, 0.1) is 0 Å². The summed E-state index contributed by atoms with van der Waals surface area (Å²) in [6.45, 7) is 0. The number of nitrogens with one attached hydrogen (secondary N) is 2. The maximum atomic E-state index is 12.3. The first-order chi connectivity index (χ1) is 12.4. The molecule has 0 aliphatic heterocycles. The molecule has 1 aliphatic carbocycles. The van der Waals surface area contributed by atoms with Gasteiger partial charge in [-0.15, -0.1) is 0 Å². The van der Waals surface area contributed by atoms with Gasteiger partial charge in [-0.05, 0) is 43.1 Å². The fraction of sp³-hybridized carbons (Fsp3) is 0.318. The van der Waals surface area contributed by atoms with Crippen molar-refractivity contribution in [3.8, 4) is 0 Å². The predicted molar refractivity (Wildman–Crippen MR) is 108 cm³/mol. The molecule has 0 radical (unpaired) electrons. The number of quaternary nitrogens is 2. The van der Waals surface area contributed by atoms with Crippen molar-refractivity contribution in [1.82, 2.24) is 0 Å². The third kappa shape index (κ3) is 8.60. The summed E-state index contributed by atoms with van der Waals surface area (Å²) in [5, 5.41) is 10.4. The fourth-order valence-electron chi connectivity index (χ4n) is 2.39. The Labute approximate surface area is 157 Å². The molecule has 0 heterocycles. The van der Waals surface area contributed by atoms with Crippen LogP contribution in [0.25, 0.3) is 0 Å². The lowest BCUT2D eigenvalue weighted by molar-refractivity contribution is -0.801. The Morgan fingerprint density at radius 1 is 0.846 bits per heavy atom. The van der Waals surface area contributed by atoms with Crippen LogP contribution in [0.3, 0.4) is 0 Å². The van der Waals surface area contributed by atoms with Gasteiger partial charge in [0.2, 0.25) is 0 Å². The summed E-state index contributed by atoms with van der Waals surface area (Å²) in [5.41, 5.74) is 1.32. The largest absolute Gasteiger partial charge is 0.507 e. The van der Waals surface area contributed by atoms with E-state index in [1.165, 1.54) is 15.9 Å². The summed E-state index contributed by atoms with van der Waals surface area (Å²) in [6, 6.07) is 0. The van der Waals surface area contributed by atoms with E-state index in [0.717, 1.165) is 18.4 Å². The topological polar surface area (TPSA) is 46.2 Å². The zero-order valence-electron chi connectivity index (χ0n) is 16.3. The Morgan fingerprint density at radius 2 is 1.42 bits per heavy atom.